The zero-order valence-corrected chi connectivity index (χ0v) is 21.0. The average Bonchev–Trinajstić information content (AvgIpc) is 2.77. The normalized spacial score (nSPS) is 10.9. The van der Waals surface area contributed by atoms with E-state index in [0.29, 0.717) is 17.9 Å². The second-order valence-corrected chi connectivity index (χ2v) is 8.80. The maximum absolute atomic E-state index is 14.5. The minimum atomic E-state index is -0.413. The molecule has 0 aliphatic carbocycles. The van der Waals surface area contributed by atoms with Crippen molar-refractivity contribution in [3.05, 3.63) is 76.6 Å². The predicted molar refractivity (Wildman–Crippen MR) is 134 cm³/mol. The summed E-state index contributed by atoms with van der Waals surface area (Å²) in [6.07, 6.45) is 0.407. The Bertz CT molecular complexity index is 1160. The van der Waals surface area contributed by atoms with Crippen molar-refractivity contribution in [2.45, 2.75) is 60.2 Å². The predicted octanol–water partition coefficient (Wildman–Crippen LogP) is 6.68. The summed E-state index contributed by atoms with van der Waals surface area (Å²) in [5.74, 6) is 0.624. The topological polar surface area (TPSA) is 65.0 Å². The molecular formula is C29H33FO5. The van der Waals surface area contributed by atoms with Crippen molar-refractivity contribution < 1.29 is 28.5 Å². The second kappa shape index (κ2) is 11.7. The molecule has 6 heteroatoms. The van der Waals surface area contributed by atoms with E-state index in [2.05, 4.69) is 0 Å². The first-order chi connectivity index (χ1) is 16.7. The molecule has 0 atom stereocenters. The molecule has 0 amide bonds. The number of hydrogen-bond acceptors (Lipinski definition) is 5. The maximum atomic E-state index is 14.5. The molecule has 0 aliphatic rings. The van der Waals surface area contributed by atoms with Gasteiger partial charge >= 0.3 is 5.97 Å². The molecule has 0 aliphatic heterocycles. The first-order valence-corrected chi connectivity index (χ1v) is 11.8. The van der Waals surface area contributed by atoms with Crippen molar-refractivity contribution in [3.8, 4) is 28.4 Å². The highest BCUT2D eigenvalue weighted by atomic mass is 19.1. The fourth-order valence-electron chi connectivity index (χ4n) is 4.04. The van der Waals surface area contributed by atoms with Crippen LogP contribution < -0.4 is 9.47 Å². The second-order valence-electron chi connectivity index (χ2n) is 8.80. The minimum absolute atomic E-state index is 0.00102. The molecule has 0 aromatic heterocycles. The van der Waals surface area contributed by atoms with E-state index in [1.54, 1.807) is 31.2 Å². The van der Waals surface area contributed by atoms with Crippen LogP contribution in [-0.4, -0.2) is 23.8 Å². The van der Waals surface area contributed by atoms with Crippen LogP contribution in [0.3, 0.4) is 0 Å². The number of phenolic OH excluding ortho intramolecular Hbond substituents is 1. The highest BCUT2D eigenvalue weighted by Gasteiger charge is 2.15. The Kier molecular flexibility index (Phi) is 8.74. The summed E-state index contributed by atoms with van der Waals surface area (Å²) in [6.45, 7) is 10.2. The zero-order valence-electron chi connectivity index (χ0n) is 21.0. The van der Waals surface area contributed by atoms with Crippen LogP contribution in [0.25, 0.3) is 11.1 Å². The molecule has 3 aromatic rings. The van der Waals surface area contributed by atoms with Crippen molar-refractivity contribution in [2.75, 3.05) is 6.61 Å². The molecule has 0 saturated heterocycles. The summed E-state index contributed by atoms with van der Waals surface area (Å²) in [6, 6.07) is 14.0. The Morgan fingerprint density at radius 2 is 1.74 bits per heavy atom. The van der Waals surface area contributed by atoms with Crippen LogP contribution in [0.2, 0.25) is 0 Å². The number of carbonyl (C=O) groups is 1. The van der Waals surface area contributed by atoms with Gasteiger partial charge in [0.1, 0.15) is 29.7 Å². The van der Waals surface area contributed by atoms with Gasteiger partial charge in [-0.2, -0.15) is 0 Å². The molecular weight excluding hydrogens is 447 g/mol. The van der Waals surface area contributed by atoms with Crippen LogP contribution in [0.5, 0.6) is 17.2 Å². The fourth-order valence-corrected chi connectivity index (χ4v) is 4.04. The van der Waals surface area contributed by atoms with Gasteiger partial charge in [0.25, 0.3) is 0 Å². The minimum Gasteiger partial charge on any atom is -0.508 e. The van der Waals surface area contributed by atoms with E-state index < -0.39 is 5.82 Å². The molecule has 1 N–H and O–H groups in total. The van der Waals surface area contributed by atoms with Crippen molar-refractivity contribution in [1.29, 1.82) is 0 Å². The molecule has 0 bridgehead atoms. The lowest BCUT2D eigenvalue weighted by Crippen LogP contribution is -2.08. The van der Waals surface area contributed by atoms with Gasteiger partial charge in [0.2, 0.25) is 0 Å². The largest absolute Gasteiger partial charge is 0.508 e. The first kappa shape index (κ1) is 26.1. The molecule has 3 aromatic carbocycles. The number of ether oxygens (including phenoxy) is 3. The number of hydrogen-bond donors (Lipinski definition) is 1. The lowest BCUT2D eigenvalue weighted by molar-refractivity contribution is -0.143. The molecule has 35 heavy (non-hydrogen) atoms. The van der Waals surface area contributed by atoms with Gasteiger partial charge in [0.15, 0.2) is 0 Å². The highest BCUT2D eigenvalue weighted by Crippen LogP contribution is 2.38. The molecule has 0 fully saturated rings. The summed E-state index contributed by atoms with van der Waals surface area (Å²) >= 11 is 0. The summed E-state index contributed by atoms with van der Waals surface area (Å²) in [7, 11) is 0. The summed E-state index contributed by atoms with van der Waals surface area (Å²) in [5, 5.41) is 9.97. The molecule has 186 valence electrons. The Morgan fingerprint density at radius 1 is 1.03 bits per heavy atom. The Hall–Kier alpha value is -3.54. The third-order valence-corrected chi connectivity index (χ3v) is 5.53. The van der Waals surface area contributed by atoms with Crippen LogP contribution in [0.15, 0.2) is 48.5 Å². The number of carbonyl (C=O) groups excluding carboxylic acids is 1. The number of aromatic hydroxyl groups is 1. The van der Waals surface area contributed by atoms with Gasteiger partial charge in [-0.1, -0.05) is 12.1 Å². The molecule has 0 saturated carbocycles. The van der Waals surface area contributed by atoms with Crippen LogP contribution in [0, 0.1) is 19.7 Å². The van der Waals surface area contributed by atoms with Crippen molar-refractivity contribution in [3.63, 3.8) is 0 Å². The number of halogens is 1. The molecule has 0 unspecified atom stereocenters. The van der Waals surface area contributed by atoms with Crippen molar-refractivity contribution >= 4 is 5.97 Å². The zero-order chi connectivity index (χ0) is 25.5. The summed E-state index contributed by atoms with van der Waals surface area (Å²) < 4.78 is 31.4. The molecule has 0 heterocycles. The van der Waals surface area contributed by atoms with E-state index in [-0.39, 0.29) is 37.3 Å². The van der Waals surface area contributed by atoms with Crippen LogP contribution in [0.1, 0.15) is 49.4 Å². The summed E-state index contributed by atoms with van der Waals surface area (Å²) in [5.41, 5.74) is 5.13. The van der Waals surface area contributed by atoms with E-state index in [1.165, 1.54) is 6.07 Å². The van der Waals surface area contributed by atoms with E-state index in [4.69, 9.17) is 14.2 Å². The average molecular weight is 481 g/mol. The van der Waals surface area contributed by atoms with Crippen LogP contribution in [-0.2, 0) is 22.6 Å². The Balaban J connectivity index is 1.80. The third-order valence-electron chi connectivity index (χ3n) is 5.53. The molecule has 0 spiro atoms. The number of esters is 1. The summed E-state index contributed by atoms with van der Waals surface area (Å²) in [4.78, 5) is 11.5. The lowest BCUT2D eigenvalue weighted by atomic mass is 9.93. The molecule has 5 nitrogen and oxygen atoms in total. The molecule has 0 radical (unpaired) electrons. The van der Waals surface area contributed by atoms with E-state index in [9.17, 15) is 14.3 Å². The van der Waals surface area contributed by atoms with Gasteiger partial charge in [0.05, 0.1) is 12.7 Å². The van der Waals surface area contributed by atoms with Crippen LogP contribution in [0.4, 0.5) is 4.39 Å². The quantitative estimate of drug-likeness (QED) is 0.328. The van der Waals surface area contributed by atoms with E-state index in [0.717, 1.165) is 33.6 Å². The molecule has 3 rings (SSSR count). The van der Waals surface area contributed by atoms with E-state index >= 15 is 0 Å². The Labute approximate surface area is 206 Å². The van der Waals surface area contributed by atoms with Gasteiger partial charge < -0.3 is 19.3 Å². The number of rotatable bonds is 10. The number of phenols is 1. The van der Waals surface area contributed by atoms with E-state index in [1.807, 2.05) is 45.9 Å². The van der Waals surface area contributed by atoms with Crippen molar-refractivity contribution in [2.24, 2.45) is 0 Å². The SMILES string of the molecule is CCOC(=O)CCc1ccc(OCc2ccc(OC(C)C)c(-c3c(C)cc(O)cc3C)c2)cc1F. The van der Waals surface area contributed by atoms with Gasteiger partial charge in [-0.3, -0.25) is 4.79 Å². The standard InChI is InChI=1S/C29H33FO5/c1-6-33-28(32)12-9-22-8-10-24(16-26(22)30)34-17-21-7-11-27(35-18(2)3)25(15-21)29-19(4)13-23(31)14-20(29)5/h7-8,10-11,13-16,18,31H,6,9,12,17H2,1-5H3. The smallest absolute Gasteiger partial charge is 0.306 e. The third kappa shape index (κ3) is 6.98. The van der Waals surface area contributed by atoms with Gasteiger partial charge in [0, 0.05) is 18.1 Å². The number of benzene rings is 3. The Morgan fingerprint density at radius 3 is 2.37 bits per heavy atom. The highest BCUT2D eigenvalue weighted by molar-refractivity contribution is 5.77. The lowest BCUT2D eigenvalue weighted by Gasteiger charge is -2.19. The monoisotopic (exact) mass is 480 g/mol. The van der Waals surface area contributed by atoms with Gasteiger partial charge in [-0.25, -0.2) is 4.39 Å². The first-order valence-electron chi connectivity index (χ1n) is 11.8. The van der Waals surface area contributed by atoms with Crippen LogP contribution >= 0.6 is 0 Å². The van der Waals surface area contributed by atoms with Gasteiger partial charge in [-0.15, -0.1) is 0 Å². The number of aryl methyl sites for hydroxylation is 3. The van der Waals surface area contributed by atoms with Gasteiger partial charge in [-0.05, 0) is 99.2 Å². The maximum Gasteiger partial charge on any atom is 0.306 e. The fraction of sp³-hybridized carbons (Fsp3) is 0.345. The van der Waals surface area contributed by atoms with Crippen molar-refractivity contribution in [1.82, 2.24) is 0 Å².